The van der Waals surface area contributed by atoms with Crippen molar-refractivity contribution in [1.82, 2.24) is 9.88 Å². The van der Waals surface area contributed by atoms with Gasteiger partial charge in [0.25, 0.3) is 0 Å². The van der Waals surface area contributed by atoms with Gasteiger partial charge in [0.05, 0.1) is 6.42 Å². The van der Waals surface area contributed by atoms with Crippen molar-refractivity contribution < 1.29 is 4.79 Å². The molecule has 1 aliphatic rings. The van der Waals surface area contributed by atoms with Gasteiger partial charge in [-0.25, -0.2) is 4.98 Å². The molecule has 4 nitrogen and oxygen atoms in total. The van der Waals surface area contributed by atoms with E-state index in [4.69, 9.17) is 0 Å². The number of hydrogen-bond donors (Lipinski definition) is 1. The Labute approximate surface area is 155 Å². The molecule has 0 saturated carbocycles. The molecule has 0 spiro atoms. The summed E-state index contributed by atoms with van der Waals surface area (Å²) in [6, 6.07) is 8.44. The predicted octanol–water partition coefficient (Wildman–Crippen LogP) is 4.46. The third-order valence-electron chi connectivity index (χ3n) is 4.38. The van der Waals surface area contributed by atoms with Crippen LogP contribution < -0.4 is 5.32 Å². The molecule has 0 radical (unpaired) electrons. The Kier molecular flexibility index (Phi) is 6.03. The first-order chi connectivity index (χ1) is 11.6. The minimum absolute atomic E-state index is 0.0236. The molecule has 1 saturated heterocycles. The number of nitrogens with one attached hydrogen (secondary N) is 1. The van der Waals surface area contributed by atoms with E-state index in [1.165, 1.54) is 24.1 Å². The van der Waals surface area contributed by atoms with Gasteiger partial charge in [0, 0.05) is 28.1 Å². The van der Waals surface area contributed by atoms with Crippen LogP contribution >= 0.6 is 27.3 Å². The summed E-state index contributed by atoms with van der Waals surface area (Å²) in [6.07, 6.45) is 6.14. The second-order valence-electron chi connectivity index (χ2n) is 6.30. The van der Waals surface area contributed by atoms with E-state index < -0.39 is 0 Å². The van der Waals surface area contributed by atoms with Gasteiger partial charge in [-0.1, -0.05) is 34.5 Å². The first-order valence-electron chi connectivity index (χ1n) is 8.33. The monoisotopic (exact) mass is 407 g/mol. The van der Waals surface area contributed by atoms with Gasteiger partial charge in [-0.15, -0.1) is 11.3 Å². The Balaban J connectivity index is 1.53. The van der Waals surface area contributed by atoms with Crippen molar-refractivity contribution >= 4 is 38.3 Å². The summed E-state index contributed by atoms with van der Waals surface area (Å²) in [5.74, 6) is -0.0236. The summed E-state index contributed by atoms with van der Waals surface area (Å²) in [4.78, 5) is 20.2. The molecule has 2 heterocycles. The average Bonchev–Trinajstić information content (AvgIpc) is 2.99. The molecule has 24 heavy (non-hydrogen) atoms. The first-order valence-corrected chi connectivity index (χ1v) is 9.94. The van der Waals surface area contributed by atoms with Crippen LogP contribution in [0.2, 0.25) is 0 Å². The van der Waals surface area contributed by atoms with Gasteiger partial charge in [-0.3, -0.25) is 9.69 Å². The molecule has 1 unspecified atom stereocenters. The number of amides is 1. The van der Waals surface area contributed by atoms with Crippen molar-refractivity contribution in [3.8, 4) is 0 Å². The second-order valence-corrected chi connectivity index (χ2v) is 8.33. The molecule has 2 aromatic rings. The van der Waals surface area contributed by atoms with E-state index in [1.807, 2.05) is 30.5 Å². The Hall–Kier alpha value is -1.24. The highest BCUT2D eigenvalue weighted by Gasteiger charge is 2.19. The highest BCUT2D eigenvalue weighted by atomic mass is 79.9. The lowest BCUT2D eigenvalue weighted by Crippen LogP contribution is -2.36. The number of rotatable bonds is 5. The molecule has 3 rings (SSSR count). The van der Waals surface area contributed by atoms with E-state index in [9.17, 15) is 4.79 Å². The maximum absolute atomic E-state index is 12.2. The standard InChI is InChI=1S/C18H22BrN3OS/c1-13-4-2-3-9-22(13)12-16-11-20-18(24-16)21-17(23)10-14-5-7-15(19)8-6-14/h5-8,11,13H,2-4,9-10,12H2,1H3,(H,20,21,23). The number of piperidine rings is 1. The third kappa shape index (κ3) is 4.88. The summed E-state index contributed by atoms with van der Waals surface area (Å²) in [5.41, 5.74) is 0.995. The van der Waals surface area contributed by atoms with Gasteiger partial charge < -0.3 is 5.32 Å². The van der Waals surface area contributed by atoms with Crippen LogP contribution in [0.4, 0.5) is 5.13 Å². The predicted molar refractivity (Wildman–Crippen MR) is 102 cm³/mol. The Morgan fingerprint density at radius 2 is 2.17 bits per heavy atom. The second kappa shape index (κ2) is 8.23. The summed E-state index contributed by atoms with van der Waals surface area (Å²) >= 11 is 4.98. The van der Waals surface area contributed by atoms with E-state index in [2.05, 4.69) is 38.1 Å². The van der Waals surface area contributed by atoms with Crippen molar-refractivity contribution in [1.29, 1.82) is 0 Å². The number of aromatic nitrogens is 1. The molecular formula is C18H22BrN3OS. The quantitative estimate of drug-likeness (QED) is 0.795. The van der Waals surface area contributed by atoms with Crippen molar-refractivity contribution in [3.05, 3.63) is 45.4 Å². The molecule has 1 aromatic heterocycles. The molecule has 1 fully saturated rings. The largest absolute Gasteiger partial charge is 0.302 e. The normalized spacial score (nSPS) is 18.5. The van der Waals surface area contributed by atoms with Crippen LogP contribution in [0.1, 0.15) is 36.6 Å². The van der Waals surface area contributed by atoms with Crippen LogP contribution in [0.15, 0.2) is 34.9 Å². The molecule has 128 valence electrons. The van der Waals surface area contributed by atoms with Crippen molar-refractivity contribution in [2.24, 2.45) is 0 Å². The zero-order valence-electron chi connectivity index (χ0n) is 13.8. The van der Waals surface area contributed by atoms with Gasteiger partial charge in [0.15, 0.2) is 5.13 Å². The van der Waals surface area contributed by atoms with Gasteiger partial charge in [0.2, 0.25) is 5.91 Å². The fraction of sp³-hybridized carbons (Fsp3) is 0.444. The number of carbonyl (C=O) groups excluding carboxylic acids is 1. The zero-order chi connectivity index (χ0) is 16.9. The summed E-state index contributed by atoms with van der Waals surface area (Å²) in [6.45, 7) is 4.38. The van der Waals surface area contributed by atoms with Gasteiger partial charge in [-0.05, 0) is 44.0 Å². The molecule has 0 bridgehead atoms. The number of thiazole rings is 1. The van der Waals surface area contributed by atoms with Crippen molar-refractivity contribution in [2.45, 2.75) is 45.2 Å². The lowest BCUT2D eigenvalue weighted by Gasteiger charge is -2.32. The van der Waals surface area contributed by atoms with E-state index in [0.717, 1.165) is 23.1 Å². The number of anilines is 1. The van der Waals surface area contributed by atoms with Crippen LogP contribution in [-0.2, 0) is 17.8 Å². The Morgan fingerprint density at radius 3 is 2.92 bits per heavy atom. The fourth-order valence-electron chi connectivity index (χ4n) is 2.98. The van der Waals surface area contributed by atoms with E-state index >= 15 is 0 Å². The molecule has 1 aromatic carbocycles. The highest BCUT2D eigenvalue weighted by molar-refractivity contribution is 9.10. The summed E-state index contributed by atoms with van der Waals surface area (Å²) in [5, 5.41) is 3.60. The van der Waals surface area contributed by atoms with Gasteiger partial charge in [-0.2, -0.15) is 0 Å². The zero-order valence-corrected chi connectivity index (χ0v) is 16.2. The number of carbonyl (C=O) groups is 1. The third-order valence-corrected chi connectivity index (χ3v) is 5.80. The van der Waals surface area contributed by atoms with Crippen LogP contribution in [-0.4, -0.2) is 28.4 Å². The smallest absolute Gasteiger partial charge is 0.230 e. The SMILES string of the molecule is CC1CCCCN1Cc1cnc(NC(=O)Cc2ccc(Br)cc2)s1. The topological polar surface area (TPSA) is 45.2 Å². The first kappa shape index (κ1) is 17.6. The molecule has 6 heteroatoms. The maximum atomic E-state index is 12.2. The van der Waals surface area contributed by atoms with Crippen LogP contribution in [0.3, 0.4) is 0 Å². The van der Waals surface area contributed by atoms with Crippen LogP contribution in [0.25, 0.3) is 0 Å². The van der Waals surface area contributed by atoms with Crippen LogP contribution in [0, 0.1) is 0 Å². The fourth-order valence-corrected chi connectivity index (χ4v) is 4.10. The summed E-state index contributed by atoms with van der Waals surface area (Å²) < 4.78 is 1.02. The average molecular weight is 408 g/mol. The van der Waals surface area contributed by atoms with E-state index in [0.29, 0.717) is 17.6 Å². The van der Waals surface area contributed by atoms with Crippen molar-refractivity contribution in [3.63, 3.8) is 0 Å². The molecule has 1 aliphatic heterocycles. The highest BCUT2D eigenvalue weighted by Crippen LogP contribution is 2.24. The minimum Gasteiger partial charge on any atom is -0.302 e. The van der Waals surface area contributed by atoms with Gasteiger partial charge in [0.1, 0.15) is 0 Å². The number of likely N-dealkylation sites (tertiary alicyclic amines) is 1. The van der Waals surface area contributed by atoms with E-state index in [-0.39, 0.29) is 5.91 Å². The summed E-state index contributed by atoms with van der Waals surface area (Å²) in [7, 11) is 0. The molecule has 0 aliphatic carbocycles. The number of hydrogen-bond acceptors (Lipinski definition) is 4. The lowest BCUT2D eigenvalue weighted by molar-refractivity contribution is -0.115. The minimum atomic E-state index is -0.0236. The number of nitrogens with zero attached hydrogens (tertiary/aromatic N) is 2. The Bertz CT molecular complexity index is 686. The number of benzene rings is 1. The molecule has 1 N–H and O–H groups in total. The number of halogens is 1. The molecular weight excluding hydrogens is 386 g/mol. The molecule has 1 amide bonds. The van der Waals surface area contributed by atoms with Crippen LogP contribution in [0.5, 0.6) is 0 Å². The molecule has 1 atom stereocenters. The van der Waals surface area contributed by atoms with Gasteiger partial charge >= 0.3 is 0 Å². The lowest BCUT2D eigenvalue weighted by atomic mass is 10.0. The Morgan fingerprint density at radius 1 is 1.38 bits per heavy atom. The maximum Gasteiger partial charge on any atom is 0.230 e. The van der Waals surface area contributed by atoms with Crippen molar-refractivity contribution in [2.75, 3.05) is 11.9 Å². The van der Waals surface area contributed by atoms with E-state index in [1.54, 1.807) is 11.3 Å².